The highest BCUT2D eigenvalue weighted by molar-refractivity contribution is 5.18. The van der Waals surface area contributed by atoms with Crippen molar-refractivity contribution in [2.45, 2.75) is 13.5 Å². The summed E-state index contributed by atoms with van der Waals surface area (Å²) in [5.74, 6) is 0.550. The summed E-state index contributed by atoms with van der Waals surface area (Å²) in [4.78, 5) is 14.1. The molecule has 0 radical (unpaired) electrons. The summed E-state index contributed by atoms with van der Waals surface area (Å²) in [7, 11) is 0. The zero-order valence-corrected chi connectivity index (χ0v) is 10.2. The van der Waals surface area contributed by atoms with Gasteiger partial charge in [0.05, 0.1) is 33.0 Å². The van der Waals surface area contributed by atoms with Crippen LogP contribution in [-0.2, 0) is 16.0 Å². The number of imidazole rings is 1. The van der Waals surface area contributed by atoms with Crippen LogP contribution < -0.4 is 0 Å². The van der Waals surface area contributed by atoms with Crippen molar-refractivity contribution < 1.29 is 19.5 Å². The maximum absolute atomic E-state index is 10.7. The van der Waals surface area contributed by atoms with Crippen LogP contribution in [0.1, 0.15) is 5.82 Å². The first kappa shape index (κ1) is 14.6. The number of aromatic nitrogens is 2. The average molecular weight is 259 g/mol. The Bertz CT molecular complexity index is 380. The molecular weight excluding hydrogens is 242 g/mol. The van der Waals surface area contributed by atoms with Crippen LogP contribution in [0.3, 0.4) is 0 Å². The molecule has 0 bridgehead atoms. The van der Waals surface area contributed by atoms with E-state index in [1.165, 1.54) is 10.8 Å². The minimum absolute atomic E-state index is 0.0135. The van der Waals surface area contributed by atoms with E-state index in [0.717, 1.165) is 0 Å². The molecule has 8 nitrogen and oxygen atoms in total. The van der Waals surface area contributed by atoms with Gasteiger partial charge < -0.3 is 24.7 Å². The lowest BCUT2D eigenvalue weighted by atomic mass is 10.5. The number of aryl methyl sites for hydroxylation is 1. The molecular formula is C10H17N3O5. The van der Waals surface area contributed by atoms with E-state index >= 15 is 0 Å². The molecule has 1 rings (SSSR count). The zero-order valence-electron chi connectivity index (χ0n) is 10.2. The molecule has 0 saturated carbocycles. The second-order valence-electron chi connectivity index (χ2n) is 3.52. The van der Waals surface area contributed by atoms with Crippen LogP contribution in [-0.4, -0.2) is 52.6 Å². The number of aliphatic hydroxyl groups excluding tert-OH is 1. The maximum atomic E-state index is 10.7. The Morgan fingerprint density at radius 3 is 2.67 bits per heavy atom. The van der Waals surface area contributed by atoms with Gasteiger partial charge in [0.15, 0.2) is 5.82 Å². The van der Waals surface area contributed by atoms with Crippen LogP contribution in [0.5, 0.6) is 0 Å². The number of rotatable bonds is 9. The van der Waals surface area contributed by atoms with Crippen LogP contribution in [0.15, 0.2) is 6.20 Å². The Kier molecular flexibility index (Phi) is 6.26. The minimum Gasteiger partial charge on any atom is -0.394 e. The molecule has 0 unspecified atom stereocenters. The lowest BCUT2D eigenvalue weighted by molar-refractivity contribution is -0.392. The van der Waals surface area contributed by atoms with Gasteiger partial charge in [0, 0.05) is 6.92 Å². The number of aliphatic hydroxyl groups is 1. The fourth-order valence-electron chi connectivity index (χ4n) is 1.42. The molecule has 0 aliphatic heterocycles. The van der Waals surface area contributed by atoms with E-state index in [-0.39, 0.29) is 19.0 Å². The Morgan fingerprint density at radius 1 is 1.39 bits per heavy atom. The van der Waals surface area contributed by atoms with Crippen molar-refractivity contribution in [3.8, 4) is 0 Å². The largest absolute Gasteiger partial charge is 0.394 e. The highest BCUT2D eigenvalue weighted by Gasteiger charge is 2.16. The van der Waals surface area contributed by atoms with E-state index in [2.05, 4.69) is 4.98 Å². The van der Waals surface area contributed by atoms with Crippen molar-refractivity contribution in [2.75, 3.05) is 33.0 Å². The van der Waals surface area contributed by atoms with Crippen LogP contribution in [0.2, 0.25) is 0 Å². The van der Waals surface area contributed by atoms with Crippen LogP contribution in [0, 0.1) is 17.0 Å². The SMILES string of the molecule is Cc1ncc([N+](=O)[O-])n1CCOCCOCCO. The standard InChI is InChI=1S/C10H17N3O5/c1-9-11-8-10(13(15)16)12(9)2-4-17-6-7-18-5-3-14/h8,14H,2-7H2,1H3. The zero-order chi connectivity index (χ0) is 13.4. The number of nitro groups is 1. The summed E-state index contributed by atoms with van der Waals surface area (Å²) in [6, 6.07) is 0. The third-order valence-electron chi connectivity index (χ3n) is 2.29. The summed E-state index contributed by atoms with van der Waals surface area (Å²) < 4.78 is 11.8. The van der Waals surface area contributed by atoms with Gasteiger partial charge in [-0.25, -0.2) is 9.55 Å². The van der Waals surface area contributed by atoms with Gasteiger partial charge in [0.2, 0.25) is 0 Å². The summed E-state index contributed by atoms with van der Waals surface area (Å²) in [6.45, 7) is 3.49. The average Bonchev–Trinajstić information content (AvgIpc) is 2.70. The molecule has 1 N–H and O–H groups in total. The second-order valence-corrected chi connectivity index (χ2v) is 3.52. The topological polar surface area (TPSA) is 99.7 Å². The lowest BCUT2D eigenvalue weighted by Crippen LogP contribution is -2.13. The first-order valence-electron chi connectivity index (χ1n) is 5.59. The minimum atomic E-state index is -0.468. The third-order valence-corrected chi connectivity index (χ3v) is 2.29. The predicted octanol–water partition coefficient (Wildman–Crippen LogP) is 0.125. The molecule has 102 valence electrons. The van der Waals surface area contributed by atoms with E-state index in [0.29, 0.717) is 32.2 Å². The normalized spacial score (nSPS) is 10.8. The molecule has 8 heteroatoms. The lowest BCUT2D eigenvalue weighted by Gasteiger charge is -2.05. The van der Waals surface area contributed by atoms with Gasteiger partial charge in [-0.1, -0.05) is 0 Å². The summed E-state index contributed by atoms with van der Waals surface area (Å²) >= 11 is 0. The first-order valence-corrected chi connectivity index (χ1v) is 5.59. The fraction of sp³-hybridized carbons (Fsp3) is 0.700. The summed E-state index contributed by atoms with van der Waals surface area (Å²) in [5.41, 5.74) is 0. The maximum Gasteiger partial charge on any atom is 0.342 e. The second kappa shape index (κ2) is 7.75. The van der Waals surface area contributed by atoms with Gasteiger partial charge in [0.1, 0.15) is 12.7 Å². The predicted molar refractivity (Wildman–Crippen MR) is 62.3 cm³/mol. The van der Waals surface area contributed by atoms with E-state index in [1.807, 2.05) is 0 Å². The molecule has 0 atom stereocenters. The Hall–Kier alpha value is -1.51. The van der Waals surface area contributed by atoms with Gasteiger partial charge in [-0.2, -0.15) is 0 Å². The Labute approximate surface area is 104 Å². The summed E-state index contributed by atoms with van der Waals surface area (Å²) in [6.07, 6.45) is 1.24. The monoisotopic (exact) mass is 259 g/mol. The van der Waals surface area contributed by atoms with Crippen molar-refractivity contribution in [3.05, 3.63) is 22.1 Å². The number of ether oxygens (including phenoxy) is 2. The smallest absolute Gasteiger partial charge is 0.342 e. The fourth-order valence-corrected chi connectivity index (χ4v) is 1.42. The highest BCUT2D eigenvalue weighted by Crippen LogP contribution is 2.12. The van der Waals surface area contributed by atoms with Gasteiger partial charge in [-0.15, -0.1) is 0 Å². The molecule has 0 spiro atoms. The molecule has 0 aromatic carbocycles. The van der Waals surface area contributed by atoms with Gasteiger partial charge in [-0.3, -0.25) is 0 Å². The van der Waals surface area contributed by atoms with Crippen molar-refractivity contribution >= 4 is 5.82 Å². The van der Waals surface area contributed by atoms with Crippen molar-refractivity contribution in [2.24, 2.45) is 0 Å². The molecule has 1 aromatic rings. The van der Waals surface area contributed by atoms with E-state index in [4.69, 9.17) is 14.6 Å². The molecule has 0 fully saturated rings. The number of hydrogen-bond donors (Lipinski definition) is 1. The molecule has 0 amide bonds. The molecule has 18 heavy (non-hydrogen) atoms. The van der Waals surface area contributed by atoms with E-state index in [9.17, 15) is 10.1 Å². The van der Waals surface area contributed by atoms with E-state index in [1.54, 1.807) is 6.92 Å². The highest BCUT2D eigenvalue weighted by atomic mass is 16.6. The Balaban J connectivity index is 2.27. The Morgan fingerprint density at radius 2 is 2.06 bits per heavy atom. The van der Waals surface area contributed by atoms with Crippen LogP contribution >= 0.6 is 0 Å². The molecule has 0 aliphatic carbocycles. The quantitative estimate of drug-likeness (QED) is 0.384. The molecule has 0 saturated heterocycles. The molecule has 1 heterocycles. The van der Waals surface area contributed by atoms with E-state index < -0.39 is 4.92 Å². The van der Waals surface area contributed by atoms with Gasteiger partial charge >= 0.3 is 5.82 Å². The molecule has 1 aromatic heterocycles. The van der Waals surface area contributed by atoms with Gasteiger partial charge in [0.25, 0.3) is 0 Å². The van der Waals surface area contributed by atoms with Crippen molar-refractivity contribution in [1.82, 2.24) is 9.55 Å². The third kappa shape index (κ3) is 4.40. The van der Waals surface area contributed by atoms with Crippen LogP contribution in [0.25, 0.3) is 0 Å². The molecule has 0 aliphatic rings. The number of nitrogens with zero attached hydrogens (tertiary/aromatic N) is 3. The van der Waals surface area contributed by atoms with Crippen molar-refractivity contribution in [3.63, 3.8) is 0 Å². The van der Waals surface area contributed by atoms with Crippen molar-refractivity contribution in [1.29, 1.82) is 0 Å². The van der Waals surface area contributed by atoms with Gasteiger partial charge in [-0.05, 0) is 4.92 Å². The summed E-state index contributed by atoms with van der Waals surface area (Å²) in [5, 5.41) is 19.2. The van der Waals surface area contributed by atoms with Crippen LogP contribution in [0.4, 0.5) is 5.82 Å². The number of hydrogen-bond acceptors (Lipinski definition) is 6. The first-order chi connectivity index (χ1) is 8.66.